The highest BCUT2D eigenvalue weighted by Gasteiger charge is 2.27. The van der Waals surface area contributed by atoms with Crippen molar-refractivity contribution < 1.29 is 21.9 Å². The molecule has 0 aliphatic carbocycles. The van der Waals surface area contributed by atoms with Gasteiger partial charge in [-0.25, -0.2) is 22.2 Å². The summed E-state index contributed by atoms with van der Waals surface area (Å²) in [5.74, 6) is -0.211. The lowest BCUT2D eigenvalue weighted by molar-refractivity contribution is 0.141. The van der Waals surface area contributed by atoms with Crippen LogP contribution >= 0.6 is 10.7 Å². The third-order valence-electron chi connectivity index (χ3n) is 1.66. The van der Waals surface area contributed by atoms with Crippen molar-refractivity contribution in [3.63, 3.8) is 0 Å². The Morgan fingerprint density at radius 2 is 2.12 bits per heavy atom. The number of hydrogen-bond donors (Lipinski definition) is 1. The van der Waals surface area contributed by atoms with Gasteiger partial charge in [-0.05, 0) is 0 Å². The van der Waals surface area contributed by atoms with Crippen LogP contribution in [0, 0.1) is 0 Å². The molecule has 0 amide bonds. The van der Waals surface area contributed by atoms with Crippen LogP contribution in [0.2, 0.25) is 0 Å². The van der Waals surface area contributed by atoms with E-state index >= 15 is 0 Å². The highest BCUT2D eigenvalue weighted by atomic mass is 35.7. The maximum atomic E-state index is 12.6. The highest BCUT2D eigenvalue weighted by molar-refractivity contribution is 8.13. The smallest absolute Gasteiger partial charge is 0.281 e. The minimum absolute atomic E-state index is 0.211. The lowest BCUT2D eigenvalue weighted by atomic mass is 10.3. The van der Waals surface area contributed by atoms with Gasteiger partial charge in [0.1, 0.15) is 10.6 Å². The van der Waals surface area contributed by atoms with Gasteiger partial charge in [-0.15, -0.1) is 0 Å². The molecule has 2 N–H and O–H groups in total. The van der Waals surface area contributed by atoms with Crippen molar-refractivity contribution in [2.45, 2.75) is 11.3 Å². The van der Waals surface area contributed by atoms with Crippen LogP contribution in [0.15, 0.2) is 11.0 Å². The minimum atomic E-state index is -4.38. The Morgan fingerprint density at radius 3 is 2.50 bits per heavy atom. The molecule has 0 bridgehead atoms. The lowest BCUT2D eigenvalue weighted by Crippen LogP contribution is -2.07. The zero-order chi connectivity index (χ0) is 12.5. The number of nitrogens with two attached hydrogens (primary N) is 1. The van der Waals surface area contributed by atoms with Gasteiger partial charge in [-0.1, -0.05) is 0 Å². The van der Waals surface area contributed by atoms with Crippen LogP contribution < -0.4 is 10.5 Å². The molecule has 0 radical (unpaired) electrons. The fourth-order valence-electron chi connectivity index (χ4n) is 1.07. The van der Waals surface area contributed by atoms with Crippen molar-refractivity contribution in [1.29, 1.82) is 0 Å². The second-order valence-electron chi connectivity index (χ2n) is 2.71. The van der Waals surface area contributed by atoms with E-state index in [9.17, 15) is 17.2 Å². The average Bonchev–Trinajstić information content (AvgIpc) is 2.14. The van der Waals surface area contributed by atoms with Crippen molar-refractivity contribution in [2.24, 2.45) is 0 Å². The van der Waals surface area contributed by atoms with Crippen molar-refractivity contribution in [1.82, 2.24) is 4.98 Å². The molecule has 16 heavy (non-hydrogen) atoms. The number of anilines is 1. The zero-order valence-electron chi connectivity index (χ0n) is 7.95. The summed E-state index contributed by atoms with van der Waals surface area (Å²) in [5, 5.41) is 0. The summed E-state index contributed by atoms with van der Waals surface area (Å²) in [7, 11) is 1.79. The zero-order valence-corrected chi connectivity index (χ0v) is 9.52. The van der Waals surface area contributed by atoms with Crippen LogP contribution in [0.3, 0.4) is 0 Å². The van der Waals surface area contributed by atoms with Gasteiger partial charge in [-0.2, -0.15) is 0 Å². The van der Waals surface area contributed by atoms with E-state index in [1.165, 1.54) is 7.11 Å². The summed E-state index contributed by atoms with van der Waals surface area (Å²) >= 11 is 0. The van der Waals surface area contributed by atoms with Crippen molar-refractivity contribution in [3.8, 4) is 5.88 Å². The second-order valence-corrected chi connectivity index (χ2v) is 5.21. The Kier molecular flexibility index (Phi) is 3.54. The first-order chi connectivity index (χ1) is 7.27. The average molecular weight is 273 g/mol. The molecule has 1 aromatic heterocycles. The van der Waals surface area contributed by atoms with Gasteiger partial charge in [0.15, 0.2) is 0 Å². The molecule has 0 saturated carbocycles. The number of ether oxygens (including phenoxy) is 1. The molecule has 1 heterocycles. The Balaban J connectivity index is 3.59. The van der Waals surface area contributed by atoms with Crippen molar-refractivity contribution in [3.05, 3.63) is 11.8 Å². The number of alkyl halides is 2. The molecular weight excluding hydrogens is 266 g/mol. The third-order valence-corrected chi connectivity index (χ3v) is 3.06. The van der Waals surface area contributed by atoms with Crippen molar-refractivity contribution in [2.75, 3.05) is 12.8 Å². The van der Waals surface area contributed by atoms with Gasteiger partial charge >= 0.3 is 0 Å². The second kappa shape index (κ2) is 4.38. The van der Waals surface area contributed by atoms with Crippen LogP contribution in [0.4, 0.5) is 14.5 Å². The molecule has 1 aromatic rings. The Bertz CT molecular complexity index is 507. The minimum Gasteiger partial charge on any atom is -0.481 e. The first-order valence-corrected chi connectivity index (χ1v) is 6.15. The van der Waals surface area contributed by atoms with Gasteiger partial charge in [0, 0.05) is 16.7 Å². The standard InChI is InChI=1S/C7H7ClF2N2O3S/c1-15-4-2-3(11)6(16(8,13)14)5(12-4)7(9)10/h2,7H,1H3,(H2,11,12). The summed E-state index contributed by atoms with van der Waals surface area (Å²) < 4.78 is 51.8. The molecule has 0 spiro atoms. The van der Waals surface area contributed by atoms with E-state index in [1.807, 2.05) is 0 Å². The molecule has 0 atom stereocenters. The van der Waals surface area contributed by atoms with E-state index < -0.39 is 31.8 Å². The van der Waals surface area contributed by atoms with Crippen LogP contribution in [-0.2, 0) is 9.05 Å². The largest absolute Gasteiger partial charge is 0.481 e. The third kappa shape index (κ3) is 2.50. The Hall–Kier alpha value is -1.15. The predicted octanol–water partition coefficient (Wildman–Crippen LogP) is 1.54. The normalized spacial score (nSPS) is 11.8. The molecule has 0 aliphatic rings. The maximum Gasteiger partial charge on any atom is 0.281 e. The van der Waals surface area contributed by atoms with E-state index in [0.29, 0.717) is 0 Å². The number of hydrogen-bond acceptors (Lipinski definition) is 5. The lowest BCUT2D eigenvalue weighted by Gasteiger charge is -2.09. The predicted molar refractivity (Wildman–Crippen MR) is 53.2 cm³/mol. The van der Waals surface area contributed by atoms with E-state index in [1.54, 1.807) is 0 Å². The summed E-state index contributed by atoms with van der Waals surface area (Å²) in [6, 6.07) is 1.00. The molecular formula is C7H7ClF2N2O3S. The summed E-state index contributed by atoms with van der Waals surface area (Å²) in [6.45, 7) is 0. The van der Waals surface area contributed by atoms with E-state index in [0.717, 1.165) is 6.07 Å². The van der Waals surface area contributed by atoms with E-state index in [2.05, 4.69) is 9.72 Å². The Morgan fingerprint density at radius 1 is 1.56 bits per heavy atom. The van der Waals surface area contributed by atoms with Gasteiger partial charge in [0.2, 0.25) is 5.88 Å². The molecule has 1 rings (SSSR count). The quantitative estimate of drug-likeness (QED) is 0.844. The van der Waals surface area contributed by atoms with E-state index in [-0.39, 0.29) is 5.88 Å². The number of pyridine rings is 1. The van der Waals surface area contributed by atoms with Crippen LogP contribution in [-0.4, -0.2) is 20.5 Å². The van der Waals surface area contributed by atoms with Gasteiger partial charge < -0.3 is 10.5 Å². The first kappa shape index (κ1) is 12.9. The SMILES string of the molecule is COc1cc(N)c(S(=O)(=O)Cl)c(C(F)F)n1. The first-order valence-electron chi connectivity index (χ1n) is 3.84. The number of aromatic nitrogens is 1. The number of rotatable bonds is 3. The number of methoxy groups -OCH3 is 1. The molecule has 0 aromatic carbocycles. The summed E-state index contributed by atoms with van der Waals surface area (Å²) in [6.07, 6.45) is -3.12. The van der Waals surface area contributed by atoms with Crippen LogP contribution in [0.25, 0.3) is 0 Å². The van der Waals surface area contributed by atoms with Crippen LogP contribution in [0.1, 0.15) is 12.1 Å². The van der Waals surface area contributed by atoms with Gasteiger partial charge in [0.25, 0.3) is 15.5 Å². The molecule has 0 fully saturated rings. The topological polar surface area (TPSA) is 82.3 Å². The summed E-state index contributed by atoms with van der Waals surface area (Å²) in [4.78, 5) is 2.42. The number of nitrogen functional groups attached to an aromatic ring is 1. The molecule has 5 nitrogen and oxygen atoms in total. The Labute approximate surface area is 94.6 Å². The van der Waals surface area contributed by atoms with Gasteiger partial charge in [-0.3, -0.25) is 0 Å². The molecule has 90 valence electrons. The molecule has 9 heteroatoms. The number of halogens is 3. The maximum absolute atomic E-state index is 12.6. The molecule has 0 saturated heterocycles. The molecule has 0 unspecified atom stereocenters. The van der Waals surface area contributed by atoms with Gasteiger partial charge in [0.05, 0.1) is 12.8 Å². The highest BCUT2D eigenvalue weighted by Crippen LogP contribution is 2.33. The number of nitrogens with zero attached hydrogens (tertiary/aromatic N) is 1. The van der Waals surface area contributed by atoms with Crippen molar-refractivity contribution >= 4 is 25.4 Å². The van der Waals surface area contributed by atoms with E-state index in [4.69, 9.17) is 16.4 Å². The summed E-state index contributed by atoms with van der Waals surface area (Å²) in [5.41, 5.74) is 3.85. The monoisotopic (exact) mass is 272 g/mol. The fourth-order valence-corrected chi connectivity index (χ4v) is 2.30. The van der Waals surface area contributed by atoms with Crippen LogP contribution in [0.5, 0.6) is 5.88 Å². The molecule has 0 aliphatic heterocycles. The fraction of sp³-hybridized carbons (Fsp3) is 0.286.